The first kappa shape index (κ1) is 23.1. The molecule has 2 heterocycles. The van der Waals surface area contributed by atoms with E-state index >= 15 is 0 Å². The van der Waals surface area contributed by atoms with Gasteiger partial charge in [0.05, 0.1) is 5.56 Å². The number of aromatic nitrogens is 1. The summed E-state index contributed by atoms with van der Waals surface area (Å²) in [5, 5.41) is 0.764. The van der Waals surface area contributed by atoms with Crippen LogP contribution in [0.4, 0.5) is 13.2 Å². The highest BCUT2D eigenvalue weighted by Gasteiger charge is 2.40. The summed E-state index contributed by atoms with van der Waals surface area (Å²) in [4.78, 5) is 8.20. The number of piperidine rings is 1. The molecule has 30 heavy (non-hydrogen) atoms. The predicted molar refractivity (Wildman–Crippen MR) is 118 cm³/mol. The van der Waals surface area contributed by atoms with Crippen molar-refractivity contribution in [2.45, 2.75) is 52.1 Å². The van der Waals surface area contributed by atoms with Gasteiger partial charge in [0.1, 0.15) is 0 Å². The standard InChI is InChI=1S/C22H30F3N3.C2H6/c1-14-18-13-28(9-4-8-27(2)3)10-7-15(18)11-20-21(14)17-12-16(22(23,24)25)5-6-19(17)26-20;1-2/h5-6,12,14-15,18,26H,4,7-11,13H2,1-3H3;1-2H3. The first-order valence-electron chi connectivity index (χ1n) is 11.3. The summed E-state index contributed by atoms with van der Waals surface area (Å²) < 4.78 is 39.7. The van der Waals surface area contributed by atoms with E-state index in [1.54, 1.807) is 6.07 Å². The van der Waals surface area contributed by atoms with E-state index in [4.69, 9.17) is 0 Å². The summed E-state index contributed by atoms with van der Waals surface area (Å²) in [6.45, 7) is 10.6. The molecule has 6 heteroatoms. The molecule has 1 aliphatic carbocycles. The Balaban J connectivity index is 0.00000124. The molecule has 0 radical (unpaired) electrons. The largest absolute Gasteiger partial charge is 0.416 e. The monoisotopic (exact) mass is 423 g/mol. The van der Waals surface area contributed by atoms with Crippen molar-refractivity contribution in [1.82, 2.24) is 14.8 Å². The van der Waals surface area contributed by atoms with Gasteiger partial charge in [0.2, 0.25) is 0 Å². The summed E-state index contributed by atoms with van der Waals surface area (Å²) in [5.41, 5.74) is 2.57. The molecule has 2 aromatic rings. The maximum Gasteiger partial charge on any atom is 0.416 e. The Morgan fingerprint density at radius 2 is 1.93 bits per heavy atom. The van der Waals surface area contributed by atoms with Crippen LogP contribution in [0.1, 0.15) is 56.4 Å². The molecule has 3 nitrogen and oxygen atoms in total. The summed E-state index contributed by atoms with van der Waals surface area (Å²) in [6.07, 6.45) is -0.996. The van der Waals surface area contributed by atoms with Gasteiger partial charge in [0, 0.05) is 23.1 Å². The Morgan fingerprint density at radius 1 is 1.20 bits per heavy atom. The predicted octanol–water partition coefficient (Wildman–Crippen LogP) is 5.76. The molecular weight excluding hydrogens is 387 g/mol. The van der Waals surface area contributed by atoms with Crippen LogP contribution in [0.3, 0.4) is 0 Å². The van der Waals surface area contributed by atoms with Crippen LogP contribution < -0.4 is 0 Å². The molecule has 1 aliphatic heterocycles. The Hall–Kier alpha value is -1.53. The lowest BCUT2D eigenvalue weighted by Gasteiger charge is -2.44. The average Bonchev–Trinajstić information content (AvgIpc) is 3.07. The summed E-state index contributed by atoms with van der Waals surface area (Å²) in [7, 11) is 4.20. The molecule has 1 aromatic heterocycles. The van der Waals surface area contributed by atoms with Crippen LogP contribution in [-0.2, 0) is 12.6 Å². The van der Waals surface area contributed by atoms with Crippen LogP contribution in [0, 0.1) is 11.8 Å². The van der Waals surface area contributed by atoms with E-state index in [0.717, 1.165) is 61.2 Å². The molecule has 0 saturated carbocycles. The Kier molecular flexibility index (Phi) is 7.18. The molecule has 168 valence electrons. The van der Waals surface area contributed by atoms with Gasteiger partial charge >= 0.3 is 6.18 Å². The number of fused-ring (bicyclic) bond motifs is 4. The van der Waals surface area contributed by atoms with Crippen molar-refractivity contribution in [1.29, 1.82) is 0 Å². The molecule has 4 rings (SSSR count). The molecule has 3 atom stereocenters. The normalized spacial score (nSPS) is 24.4. The van der Waals surface area contributed by atoms with Crippen LogP contribution in [-0.4, -0.2) is 55.1 Å². The quantitative estimate of drug-likeness (QED) is 0.675. The number of H-pyrrole nitrogens is 1. The second kappa shape index (κ2) is 9.31. The second-order valence-corrected chi connectivity index (χ2v) is 8.94. The summed E-state index contributed by atoms with van der Waals surface area (Å²) in [5.74, 6) is 1.43. The first-order valence-corrected chi connectivity index (χ1v) is 11.3. The van der Waals surface area contributed by atoms with E-state index in [-0.39, 0.29) is 5.92 Å². The molecular formula is C24H36F3N3. The highest BCUT2D eigenvalue weighted by molar-refractivity contribution is 5.86. The molecule has 0 bridgehead atoms. The van der Waals surface area contributed by atoms with Gasteiger partial charge in [-0.2, -0.15) is 13.2 Å². The molecule has 2 aliphatic rings. The van der Waals surface area contributed by atoms with Gasteiger partial charge in [-0.05, 0) is 94.5 Å². The van der Waals surface area contributed by atoms with Crippen LogP contribution in [0.2, 0.25) is 0 Å². The molecule has 0 spiro atoms. The van der Waals surface area contributed by atoms with Crippen LogP contribution in [0.5, 0.6) is 0 Å². The zero-order valence-corrected chi connectivity index (χ0v) is 18.9. The van der Waals surface area contributed by atoms with E-state index in [9.17, 15) is 13.2 Å². The van der Waals surface area contributed by atoms with Crippen LogP contribution in [0.25, 0.3) is 10.9 Å². The van der Waals surface area contributed by atoms with E-state index in [1.807, 2.05) is 13.8 Å². The lowest BCUT2D eigenvalue weighted by molar-refractivity contribution is -0.137. The van der Waals surface area contributed by atoms with Crippen molar-refractivity contribution in [3.63, 3.8) is 0 Å². The van der Waals surface area contributed by atoms with Crippen LogP contribution in [0.15, 0.2) is 18.2 Å². The smallest absolute Gasteiger partial charge is 0.358 e. The topological polar surface area (TPSA) is 22.3 Å². The third kappa shape index (κ3) is 4.70. The maximum atomic E-state index is 13.2. The number of benzene rings is 1. The maximum absolute atomic E-state index is 13.2. The van der Waals surface area contributed by atoms with Crippen LogP contribution >= 0.6 is 0 Å². The molecule has 1 aromatic carbocycles. The molecule has 1 saturated heterocycles. The van der Waals surface area contributed by atoms with Gasteiger partial charge in [-0.15, -0.1) is 0 Å². The number of hydrogen-bond acceptors (Lipinski definition) is 2. The second-order valence-electron chi connectivity index (χ2n) is 8.94. The number of rotatable bonds is 4. The van der Waals surface area contributed by atoms with Gasteiger partial charge in [-0.25, -0.2) is 0 Å². The van der Waals surface area contributed by atoms with Gasteiger partial charge in [-0.3, -0.25) is 0 Å². The fraction of sp³-hybridized carbons (Fsp3) is 0.667. The van der Waals surface area contributed by atoms with Gasteiger partial charge in [-0.1, -0.05) is 20.8 Å². The summed E-state index contributed by atoms with van der Waals surface area (Å²) >= 11 is 0. The zero-order valence-electron chi connectivity index (χ0n) is 18.9. The van der Waals surface area contributed by atoms with E-state index in [1.165, 1.54) is 18.6 Å². The lowest BCUT2D eigenvalue weighted by atomic mass is 9.68. The van der Waals surface area contributed by atoms with Gasteiger partial charge in [0.15, 0.2) is 0 Å². The number of aromatic amines is 1. The van der Waals surface area contributed by atoms with Crippen molar-refractivity contribution >= 4 is 10.9 Å². The number of nitrogens with one attached hydrogen (secondary N) is 1. The first-order chi connectivity index (χ1) is 14.2. The molecule has 1 fully saturated rings. The molecule has 3 unspecified atom stereocenters. The molecule has 1 N–H and O–H groups in total. The fourth-order valence-electron chi connectivity index (χ4n) is 5.34. The van der Waals surface area contributed by atoms with Gasteiger partial charge < -0.3 is 14.8 Å². The van der Waals surface area contributed by atoms with Crippen molar-refractivity contribution < 1.29 is 13.2 Å². The Labute approximate surface area is 178 Å². The number of halogens is 3. The fourth-order valence-corrected chi connectivity index (χ4v) is 5.34. The number of likely N-dealkylation sites (tertiary alicyclic amines) is 1. The van der Waals surface area contributed by atoms with Crippen molar-refractivity contribution in [3.8, 4) is 0 Å². The van der Waals surface area contributed by atoms with E-state index in [2.05, 4.69) is 35.8 Å². The highest BCUT2D eigenvalue weighted by atomic mass is 19.4. The SMILES string of the molecule is CC.CC1c2c([nH]c3ccc(C(F)(F)F)cc23)CC2CCN(CCCN(C)C)CC21. The third-order valence-corrected chi connectivity index (χ3v) is 6.78. The minimum absolute atomic E-state index is 0.280. The zero-order chi connectivity index (χ0) is 22.1. The average molecular weight is 424 g/mol. The highest BCUT2D eigenvalue weighted by Crippen LogP contribution is 2.46. The number of alkyl halides is 3. The minimum Gasteiger partial charge on any atom is -0.358 e. The minimum atomic E-state index is -4.30. The summed E-state index contributed by atoms with van der Waals surface area (Å²) in [6, 6.07) is 4.13. The Bertz CT molecular complexity index is 840. The Morgan fingerprint density at radius 3 is 2.60 bits per heavy atom. The van der Waals surface area contributed by atoms with Crippen molar-refractivity contribution in [3.05, 3.63) is 35.0 Å². The molecule has 0 amide bonds. The van der Waals surface area contributed by atoms with Crippen molar-refractivity contribution in [2.24, 2.45) is 11.8 Å². The number of hydrogen-bond donors (Lipinski definition) is 1. The van der Waals surface area contributed by atoms with Crippen molar-refractivity contribution in [2.75, 3.05) is 40.3 Å². The third-order valence-electron chi connectivity index (χ3n) is 6.78. The van der Waals surface area contributed by atoms with E-state index < -0.39 is 11.7 Å². The lowest BCUT2D eigenvalue weighted by Crippen LogP contribution is -2.45. The number of nitrogens with zero attached hydrogens (tertiary/aromatic N) is 2. The van der Waals surface area contributed by atoms with Gasteiger partial charge in [0.25, 0.3) is 0 Å². The van der Waals surface area contributed by atoms with E-state index in [0.29, 0.717) is 11.8 Å².